The zero-order valence-corrected chi connectivity index (χ0v) is 15.3. The van der Waals surface area contributed by atoms with Crippen LogP contribution in [0.4, 0.5) is 0 Å². The molecule has 5 nitrogen and oxygen atoms in total. The van der Waals surface area contributed by atoms with Gasteiger partial charge in [0.15, 0.2) is 0 Å². The van der Waals surface area contributed by atoms with E-state index in [1.165, 1.54) is 0 Å². The summed E-state index contributed by atoms with van der Waals surface area (Å²) in [5.74, 6) is 0.408. The van der Waals surface area contributed by atoms with Gasteiger partial charge >= 0.3 is 0 Å². The van der Waals surface area contributed by atoms with Crippen LogP contribution in [0.2, 0.25) is 0 Å². The number of aliphatic hydroxyl groups excluding tert-OH is 2. The van der Waals surface area contributed by atoms with E-state index in [1.807, 2.05) is 24.3 Å². The van der Waals surface area contributed by atoms with Crippen LogP contribution in [0.3, 0.4) is 0 Å². The number of hydrogen-bond donors (Lipinski definition) is 3. The Kier molecular flexibility index (Phi) is 8.58. The highest BCUT2D eigenvalue weighted by atomic mass is 79.9. The zero-order valence-electron chi connectivity index (χ0n) is 13.7. The van der Waals surface area contributed by atoms with Crippen LogP contribution in [0.25, 0.3) is 0 Å². The summed E-state index contributed by atoms with van der Waals surface area (Å²) in [6.07, 6.45) is 1.45. The molecule has 0 saturated heterocycles. The third-order valence-electron chi connectivity index (χ3n) is 3.60. The Morgan fingerprint density at radius 2 is 1.91 bits per heavy atom. The fourth-order valence-electron chi connectivity index (χ4n) is 1.87. The maximum atomic E-state index is 11.7. The van der Waals surface area contributed by atoms with E-state index < -0.39 is 17.4 Å². The monoisotopic (exact) mass is 387 g/mol. The molecular formula is C17H26BrNO4. The molecule has 0 aliphatic carbocycles. The minimum absolute atomic E-state index is 0.241. The summed E-state index contributed by atoms with van der Waals surface area (Å²) in [5.41, 5.74) is -0.831. The molecule has 1 atom stereocenters. The van der Waals surface area contributed by atoms with E-state index >= 15 is 0 Å². The summed E-state index contributed by atoms with van der Waals surface area (Å²) in [6.45, 7) is 4.20. The number of carbonyl (C=O) groups excluding carboxylic acids is 1. The quantitative estimate of drug-likeness (QED) is 0.538. The highest BCUT2D eigenvalue weighted by Crippen LogP contribution is 2.19. The van der Waals surface area contributed by atoms with Crippen molar-refractivity contribution in [1.82, 2.24) is 5.32 Å². The van der Waals surface area contributed by atoms with Gasteiger partial charge in [0, 0.05) is 16.4 Å². The number of ether oxygens (including phenoxy) is 1. The Hall–Kier alpha value is -1.11. The number of amides is 1. The smallest absolute Gasteiger partial charge is 0.249 e. The summed E-state index contributed by atoms with van der Waals surface area (Å²) >= 11 is 3.37. The molecule has 0 bridgehead atoms. The van der Waals surface area contributed by atoms with Gasteiger partial charge in [-0.15, -0.1) is 0 Å². The maximum absolute atomic E-state index is 11.7. The minimum Gasteiger partial charge on any atom is -0.494 e. The van der Waals surface area contributed by atoms with E-state index in [2.05, 4.69) is 21.2 Å². The van der Waals surface area contributed by atoms with Gasteiger partial charge < -0.3 is 20.3 Å². The molecule has 0 unspecified atom stereocenters. The molecule has 0 radical (unpaired) electrons. The average molecular weight is 388 g/mol. The Bertz CT molecular complexity index is 476. The molecule has 1 aromatic rings. The first-order valence-corrected chi connectivity index (χ1v) is 8.61. The van der Waals surface area contributed by atoms with E-state index in [1.54, 1.807) is 13.8 Å². The lowest BCUT2D eigenvalue weighted by atomic mass is 9.87. The molecule has 1 amide bonds. The number of benzene rings is 1. The van der Waals surface area contributed by atoms with E-state index in [0.717, 1.165) is 29.5 Å². The summed E-state index contributed by atoms with van der Waals surface area (Å²) in [4.78, 5) is 11.7. The van der Waals surface area contributed by atoms with Crippen molar-refractivity contribution in [3.05, 3.63) is 28.7 Å². The Balaban J connectivity index is 2.09. The van der Waals surface area contributed by atoms with Crippen LogP contribution < -0.4 is 10.1 Å². The van der Waals surface area contributed by atoms with Crippen LogP contribution >= 0.6 is 15.9 Å². The Morgan fingerprint density at radius 1 is 1.26 bits per heavy atom. The molecule has 0 spiro atoms. The van der Waals surface area contributed by atoms with E-state index in [-0.39, 0.29) is 6.61 Å². The van der Waals surface area contributed by atoms with E-state index in [0.29, 0.717) is 13.2 Å². The lowest BCUT2D eigenvalue weighted by Crippen LogP contribution is -2.45. The first-order valence-electron chi connectivity index (χ1n) is 7.82. The number of aliphatic hydroxyl groups is 2. The van der Waals surface area contributed by atoms with Crippen LogP contribution in [0.15, 0.2) is 28.7 Å². The fraction of sp³-hybridized carbons (Fsp3) is 0.588. The molecule has 130 valence electrons. The second kappa shape index (κ2) is 9.90. The summed E-state index contributed by atoms with van der Waals surface area (Å²) in [5, 5.41) is 21.7. The van der Waals surface area contributed by atoms with Gasteiger partial charge in [-0.1, -0.05) is 29.8 Å². The SMILES string of the molecule is CC(C)(CO)[C@@H](O)C(=O)NCCCCCOc1ccc(Br)cc1. The molecule has 0 aliphatic heterocycles. The van der Waals surface area contributed by atoms with Gasteiger partial charge in [0.1, 0.15) is 11.9 Å². The van der Waals surface area contributed by atoms with Gasteiger partial charge in [-0.25, -0.2) is 0 Å². The molecule has 0 aliphatic rings. The molecule has 0 aromatic heterocycles. The van der Waals surface area contributed by atoms with Crippen molar-refractivity contribution in [2.24, 2.45) is 5.41 Å². The molecule has 0 saturated carbocycles. The van der Waals surface area contributed by atoms with Crippen LogP contribution in [-0.2, 0) is 4.79 Å². The first kappa shape index (κ1) is 19.9. The van der Waals surface area contributed by atoms with Crippen molar-refractivity contribution in [3.63, 3.8) is 0 Å². The van der Waals surface area contributed by atoms with Crippen molar-refractivity contribution in [2.75, 3.05) is 19.8 Å². The average Bonchev–Trinajstić information content (AvgIpc) is 2.54. The molecule has 0 fully saturated rings. The van der Waals surface area contributed by atoms with Gasteiger partial charge in [0.05, 0.1) is 13.2 Å². The Labute approximate surface area is 146 Å². The third-order valence-corrected chi connectivity index (χ3v) is 4.13. The predicted molar refractivity (Wildman–Crippen MR) is 93.4 cm³/mol. The van der Waals surface area contributed by atoms with Crippen molar-refractivity contribution < 1.29 is 19.7 Å². The molecule has 0 heterocycles. The lowest BCUT2D eigenvalue weighted by Gasteiger charge is -2.27. The third kappa shape index (κ3) is 7.33. The summed E-state index contributed by atoms with van der Waals surface area (Å²) in [7, 11) is 0. The first-order chi connectivity index (χ1) is 10.9. The van der Waals surface area contributed by atoms with E-state index in [9.17, 15) is 9.90 Å². The van der Waals surface area contributed by atoms with Crippen molar-refractivity contribution in [3.8, 4) is 5.75 Å². The van der Waals surface area contributed by atoms with Crippen molar-refractivity contribution in [1.29, 1.82) is 0 Å². The van der Waals surface area contributed by atoms with Crippen molar-refractivity contribution >= 4 is 21.8 Å². The summed E-state index contributed by atoms with van der Waals surface area (Å²) in [6, 6.07) is 7.69. The summed E-state index contributed by atoms with van der Waals surface area (Å²) < 4.78 is 6.63. The molecular weight excluding hydrogens is 362 g/mol. The number of hydrogen-bond acceptors (Lipinski definition) is 4. The molecule has 1 rings (SSSR count). The number of carbonyl (C=O) groups is 1. The van der Waals surface area contributed by atoms with Gasteiger partial charge in [-0.3, -0.25) is 4.79 Å². The minimum atomic E-state index is -1.20. The van der Waals surface area contributed by atoms with Crippen LogP contribution in [-0.4, -0.2) is 42.0 Å². The van der Waals surface area contributed by atoms with Gasteiger partial charge in [-0.2, -0.15) is 0 Å². The van der Waals surface area contributed by atoms with Crippen molar-refractivity contribution in [2.45, 2.75) is 39.2 Å². The van der Waals surface area contributed by atoms with Gasteiger partial charge in [-0.05, 0) is 43.5 Å². The highest BCUT2D eigenvalue weighted by Gasteiger charge is 2.32. The lowest BCUT2D eigenvalue weighted by molar-refractivity contribution is -0.137. The zero-order chi connectivity index (χ0) is 17.3. The van der Waals surface area contributed by atoms with Crippen LogP contribution in [0, 0.1) is 5.41 Å². The number of rotatable bonds is 10. The predicted octanol–water partition coefficient (Wildman–Crippen LogP) is 2.49. The molecule has 1 aromatic carbocycles. The maximum Gasteiger partial charge on any atom is 0.249 e. The number of halogens is 1. The Morgan fingerprint density at radius 3 is 2.52 bits per heavy atom. The topological polar surface area (TPSA) is 78.8 Å². The van der Waals surface area contributed by atoms with Crippen LogP contribution in [0.1, 0.15) is 33.1 Å². The van der Waals surface area contributed by atoms with Gasteiger partial charge in [0.25, 0.3) is 0 Å². The molecule has 3 N–H and O–H groups in total. The normalized spacial score (nSPS) is 12.7. The highest BCUT2D eigenvalue weighted by molar-refractivity contribution is 9.10. The molecule has 6 heteroatoms. The second-order valence-electron chi connectivity index (χ2n) is 6.20. The standard InChI is InChI=1S/C17H26BrNO4/c1-17(2,12-20)15(21)16(22)19-10-4-3-5-11-23-14-8-6-13(18)7-9-14/h6-9,15,20-21H,3-5,10-12H2,1-2H3,(H,19,22)/t15-/m0/s1. The second-order valence-corrected chi connectivity index (χ2v) is 7.12. The number of unbranched alkanes of at least 4 members (excludes halogenated alkanes) is 2. The number of nitrogens with one attached hydrogen (secondary N) is 1. The van der Waals surface area contributed by atoms with E-state index in [4.69, 9.17) is 9.84 Å². The van der Waals surface area contributed by atoms with Gasteiger partial charge in [0.2, 0.25) is 5.91 Å². The molecule has 23 heavy (non-hydrogen) atoms. The van der Waals surface area contributed by atoms with Crippen LogP contribution in [0.5, 0.6) is 5.75 Å². The fourth-order valence-corrected chi connectivity index (χ4v) is 2.14. The largest absolute Gasteiger partial charge is 0.494 e.